The molecule has 0 unspecified atom stereocenters. The molecule has 0 fully saturated rings. The Morgan fingerprint density at radius 3 is 2.70 bits per heavy atom. The number of rotatable bonds is 4. The van der Waals surface area contributed by atoms with Gasteiger partial charge in [0.1, 0.15) is 5.69 Å². The third-order valence-corrected chi connectivity index (χ3v) is 4.16. The first-order valence-corrected chi connectivity index (χ1v) is 7.21. The van der Waals surface area contributed by atoms with E-state index in [2.05, 4.69) is 21.0 Å². The van der Waals surface area contributed by atoms with Crippen molar-refractivity contribution < 1.29 is 24.3 Å². The number of carbonyl (C=O) groups is 1. The molecule has 1 aliphatic heterocycles. The summed E-state index contributed by atoms with van der Waals surface area (Å²) in [5, 5.41) is 24.0. The van der Waals surface area contributed by atoms with Crippen molar-refractivity contribution in [2.24, 2.45) is 0 Å². The molecular weight excluding hydrogens is 374 g/mol. The zero-order valence-electron chi connectivity index (χ0n) is 11.8. The topological polar surface area (TPSA) is 117 Å². The van der Waals surface area contributed by atoms with Crippen LogP contribution in [0.1, 0.15) is 21.7 Å². The van der Waals surface area contributed by atoms with Crippen molar-refractivity contribution >= 4 is 27.6 Å². The van der Waals surface area contributed by atoms with E-state index in [1.807, 2.05) is 0 Å². The number of fused-ring (bicyclic) bond motifs is 1. The molecule has 0 saturated carbocycles. The second kappa shape index (κ2) is 5.54. The van der Waals surface area contributed by atoms with Crippen LogP contribution in [0.5, 0.6) is 11.5 Å². The van der Waals surface area contributed by atoms with E-state index < -0.39 is 22.3 Å². The number of carboxylic acid groups (broad SMARTS) is 1. The highest BCUT2D eigenvalue weighted by molar-refractivity contribution is 9.10. The lowest BCUT2D eigenvalue weighted by Gasteiger charge is -2.08. The van der Waals surface area contributed by atoms with E-state index in [4.69, 9.17) is 14.6 Å². The summed E-state index contributed by atoms with van der Waals surface area (Å²) >= 11 is 3.39. The average molecular weight is 384 g/mol. The molecule has 2 heterocycles. The van der Waals surface area contributed by atoms with Gasteiger partial charge in [-0.1, -0.05) is 15.9 Å². The van der Waals surface area contributed by atoms with E-state index in [-0.39, 0.29) is 19.0 Å². The lowest BCUT2D eigenvalue weighted by atomic mass is 10.2. The third kappa shape index (κ3) is 2.61. The highest BCUT2D eigenvalue weighted by Gasteiger charge is 2.30. The standard InChI is InChI=1S/C13H10BrN3O6/c1-6-12(17(20)21)11(13(18)19)15-16(6)4-7-2-9-10(3-8(7)14)23-5-22-9/h2-3H,4-5H2,1H3,(H,18,19). The molecule has 9 nitrogen and oxygen atoms in total. The normalized spacial score (nSPS) is 12.4. The quantitative estimate of drug-likeness (QED) is 0.635. The van der Waals surface area contributed by atoms with Crippen molar-refractivity contribution in [2.45, 2.75) is 13.5 Å². The predicted molar refractivity (Wildman–Crippen MR) is 79.9 cm³/mol. The summed E-state index contributed by atoms with van der Waals surface area (Å²) in [6.45, 7) is 1.73. The van der Waals surface area contributed by atoms with Crippen molar-refractivity contribution in [3.8, 4) is 11.5 Å². The van der Waals surface area contributed by atoms with Gasteiger partial charge in [-0.15, -0.1) is 0 Å². The maximum absolute atomic E-state index is 11.1. The van der Waals surface area contributed by atoms with Crippen LogP contribution < -0.4 is 9.47 Å². The minimum Gasteiger partial charge on any atom is -0.476 e. The van der Waals surface area contributed by atoms with Gasteiger partial charge in [0.15, 0.2) is 11.5 Å². The van der Waals surface area contributed by atoms with Crippen molar-refractivity contribution in [2.75, 3.05) is 6.79 Å². The molecule has 10 heteroatoms. The Morgan fingerprint density at radius 1 is 1.48 bits per heavy atom. The summed E-state index contributed by atoms with van der Waals surface area (Å²) in [6, 6.07) is 3.45. The molecule has 0 radical (unpaired) electrons. The fourth-order valence-corrected chi connectivity index (χ4v) is 2.74. The van der Waals surface area contributed by atoms with E-state index in [9.17, 15) is 14.9 Å². The molecule has 1 aromatic heterocycles. The van der Waals surface area contributed by atoms with Crippen LogP contribution in [0, 0.1) is 17.0 Å². The molecule has 2 aromatic rings. The molecule has 1 N–H and O–H groups in total. The van der Waals surface area contributed by atoms with Gasteiger partial charge in [-0.2, -0.15) is 5.10 Å². The molecule has 120 valence electrons. The zero-order chi connectivity index (χ0) is 16.7. The number of hydrogen-bond donors (Lipinski definition) is 1. The van der Waals surface area contributed by atoms with E-state index in [0.29, 0.717) is 16.0 Å². The van der Waals surface area contributed by atoms with Crippen LogP contribution in [0.4, 0.5) is 5.69 Å². The van der Waals surface area contributed by atoms with Crippen molar-refractivity contribution in [1.29, 1.82) is 0 Å². The molecule has 0 atom stereocenters. The minimum absolute atomic E-state index is 0.126. The fraction of sp³-hybridized carbons (Fsp3) is 0.231. The lowest BCUT2D eigenvalue weighted by Crippen LogP contribution is -2.06. The summed E-state index contributed by atoms with van der Waals surface area (Å²) in [5.41, 5.74) is -0.192. The van der Waals surface area contributed by atoms with Crippen LogP contribution in [-0.2, 0) is 6.54 Å². The van der Waals surface area contributed by atoms with E-state index in [0.717, 1.165) is 5.56 Å². The Hall–Kier alpha value is -2.62. The molecule has 0 bridgehead atoms. The molecule has 1 aromatic carbocycles. The molecular formula is C13H10BrN3O6. The highest BCUT2D eigenvalue weighted by Crippen LogP contribution is 2.37. The largest absolute Gasteiger partial charge is 0.476 e. The number of carboxylic acids is 1. The van der Waals surface area contributed by atoms with Gasteiger partial charge in [0.05, 0.1) is 11.5 Å². The maximum Gasteiger partial charge on any atom is 0.363 e. The average Bonchev–Trinajstić information content (AvgIpc) is 3.04. The first-order chi connectivity index (χ1) is 10.9. The summed E-state index contributed by atoms with van der Waals surface area (Å²) in [7, 11) is 0. The number of benzene rings is 1. The number of aromatic carboxylic acids is 1. The summed E-state index contributed by atoms with van der Waals surface area (Å²) in [5.74, 6) is -0.292. The summed E-state index contributed by atoms with van der Waals surface area (Å²) in [4.78, 5) is 21.5. The van der Waals surface area contributed by atoms with Gasteiger partial charge in [-0.05, 0) is 24.6 Å². The first kappa shape index (κ1) is 15.3. The van der Waals surface area contributed by atoms with Gasteiger partial charge < -0.3 is 14.6 Å². The SMILES string of the molecule is Cc1c([N+](=O)[O-])c(C(=O)O)nn1Cc1cc2c(cc1Br)OCO2. The molecule has 0 saturated heterocycles. The molecule has 23 heavy (non-hydrogen) atoms. The van der Waals surface area contributed by atoms with Gasteiger partial charge >= 0.3 is 11.7 Å². The van der Waals surface area contributed by atoms with E-state index in [1.165, 1.54) is 11.6 Å². The lowest BCUT2D eigenvalue weighted by molar-refractivity contribution is -0.385. The van der Waals surface area contributed by atoms with Crippen LogP contribution in [0.2, 0.25) is 0 Å². The van der Waals surface area contributed by atoms with Crippen LogP contribution in [0.15, 0.2) is 16.6 Å². The second-order valence-corrected chi connectivity index (χ2v) is 5.65. The summed E-state index contributed by atoms with van der Waals surface area (Å²) in [6.07, 6.45) is 0. The summed E-state index contributed by atoms with van der Waals surface area (Å²) < 4.78 is 12.5. The van der Waals surface area contributed by atoms with E-state index in [1.54, 1.807) is 12.1 Å². The predicted octanol–water partition coefficient (Wildman–Crippen LogP) is 2.34. The molecule has 3 rings (SSSR count). The van der Waals surface area contributed by atoms with E-state index >= 15 is 0 Å². The number of nitro groups is 1. The Kier molecular flexibility index (Phi) is 3.68. The minimum atomic E-state index is -1.44. The van der Waals surface area contributed by atoms with Crippen LogP contribution >= 0.6 is 15.9 Å². The Bertz CT molecular complexity index is 832. The van der Waals surface area contributed by atoms with Gasteiger partial charge in [0, 0.05) is 4.47 Å². The first-order valence-electron chi connectivity index (χ1n) is 6.41. The van der Waals surface area contributed by atoms with Crippen LogP contribution in [0.3, 0.4) is 0 Å². The van der Waals surface area contributed by atoms with Crippen LogP contribution in [-0.4, -0.2) is 32.6 Å². The Labute approximate surface area is 137 Å². The third-order valence-electron chi connectivity index (χ3n) is 3.42. The zero-order valence-corrected chi connectivity index (χ0v) is 13.4. The number of ether oxygens (including phenoxy) is 2. The van der Waals surface area contributed by atoms with Gasteiger partial charge in [0.25, 0.3) is 0 Å². The molecule has 0 aliphatic carbocycles. The van der Waals surface area contributed by atoms with Crippen molar-refractivity contribution in [3.63, 3.8) is 0 Å². The van der Waals surface area contributed by atoms with Crippen molar-refractivity contribution in [1.82, 2.24) is 9.78 Å². The Balaban J connectivity index is 2.03. The number of hydrogen-bond acceptors (Lipinski definition) is 6. The van der Waals surface area contributed by atoms with Gasteiger partial charge in [0.2, 0.25) is 12.5 Å². The Morgan fingerprint density at radius 2 is 2.13 bits per heavy atom. The molecule has 1 aliphatic rings. The fourth-order valence-electron chi connectivity index (χ4n) is 2.30. The van der Waals surface area contributed by atoms with Crippen molar-refractivity contribution in [3.05, 3.63) is 43.7 Å². The van der Waals surface area contributed by atoms with Gasteiger partial charge in [-0.3, -0.25) is 14.8 Å². The maximum atomic E-state index is 11.1. The van der Waals surface area contributed by atoms with Gasteiger partial charge in [-0.25, -0.2) is 4.79 Å². The molecule has 0 spiro atoms. The number of nitrogens with zero attached hydrogens (tertiary/aromatic N) is 3. The highest BCUT2D eigenvalue weighted by atomic mass is 79.9. The van der Waals surface area contributed by atoms with Crippen LogP contribution in [0.25, 0.3) is 0 Å². The molecule has 0 amide bonds. The number of aromatic nitrogens is 2. The second-order valence-electron chi connectivity index (χ2n) is 4.80. The smallest absolute Gasteiger partial charge is 0.363 e. The monoisotopic (exact) mass is 383 g/mol. The number of halogens is 1.